The van der Waals surface area contributed by atoms with Gasteiger partial charge in [-0.3, -0.25) is 10.00 Å². The van der Waals surface area contributed by atoms with Gasteiger partial charge in [0.25, 0.3) is 0 Å². The number of ether oxygens (including phenoxy) is 2. The van der Waals surface area contributed by atoms with Crippen molar-refractivity contribution in [3.8, 4) is 28.1 Å². The Morgan fingerprint density at radius 3 is 2.64 bits per heavy atom. The Morgan fingerprint density at radius 2 is 1.94 bits per heavy atom. The minimum atomic E-state index is -0.614. The molecule has 11 nitrogen and oxygen atoms in total. The minimum Gasteiger partial charge on any atom is -0.495 e. The topological polar surface area (TPSA) is 125 Å². The van der Waals surface area contributed by atoms with Crippen LogP contribution in [0.4, 0.5) is 16.3 Å². The van der Waals surface area contributed by atoms with Crippen LogP contribution in [0.5, 0.6) is 5.75 Å². The summed E-state index contributed by atoms with van der Waals surface area (Å²) in [5.41, 5.74) is 10.2. The van der Waals surface area contributed by atoms with Crippen molar-refractivity contribution < 1.29 is 14.3 Å². The lowest BCUT2D eigenvalue weighted by molar-refractivity contribution is 0.0635. The monoisotopic (exact) mass is 492 g/mol. The lowest BCUT2D eigenvalue weighted by Gasteiger charge is -2.20. The molecule has 0 aliphatic carbocycles. The Kier molecular flexibility index (Phi) is 6.84. The van der Waals surface area contributed by atoms with Crippen molar-refractivity contribution in [3.05, 3.63) is 43.0 Å². The number of hydrogen-bond acceptors (Lipinski definition) is 8. The number of nitrogens with zero attached hydrogens (tertiary/aromatic N) is 6. The first kappa shape index (κ1) is 25.0. The average Bonchev–Trinajstić information content (AvgIpc) is 3.42. The van der Waals surface area contributed by atoms with Crippen LogP contribution in [-0.2, 0) is 11.3 Å². The molecule has 0 aliphatic rings. The van der Waals surface area contributed by atoms with Crippen molar-refractivity contribution in [2.75, 3.05) is 38.8 Å². The highest BCUT2D eigenvalue weighted by Crippen LogP contribution is 2.38. The van der Waals surface area contributed by atoms with Crippen LogP contribution in [0.1, 0.15) is 20.8 Å². The van der Waals surface area contributed by atoms with Gasteiger partial charge in [-0.15, -0.1) is 0 Å². The predicted molar refractivity (Wildman–Crippen MR) is 139 cm³/mol. The Hall–Kier alpha value is -4.12. The molecule has 36 heavy (non-hydrogen) atoms. The van der Waals surface area contributed by atoms with Gasteiger partial charge in [-0.2, -0.15) is 10.2 Å². The van der Waals surface area contributed by atoms with Gasteiger partial charge in [0.2, 0.25) is 0 Å². The fourth-order valence-electron chi connectivity index (χ4n) is 3.79. The van der Waals surface area contributed by atoms with Crippen LogP contribution in [0.15, 0.2) is 43.0 Å². The largest absolute Gasteiger partial charge is 0.495 e. The molecule has 4 rings (SSSR count). The van der Waals surface area contributed by atoms with Crippen molar-refractivity contribution in [2.24, 2.45) is 0 Å². The van der Waals surface area contributed by atoms with Crippen LogP contribution >= 0.6 is 0 Å². The Morgan fingerprint density at radius 1 is 1.17 bits per heavy atom. The van der Waals surface area contributed by atoms with Gasteiger partial charge in [-0.05, 0) is 58.6 Å². The number of hydrogen-bond donors (Lipinski definition) is 2. The molecule has 0 aliphatic heterocycles. The van der Waals surface area contributed by atoms with E-state index in [1.54, 1.807) is 38.5 Å². The Bertz CT molecular complexity index is 1380. The standard InChI is InChI=1S/C25H32N8O3/c1-25(2,3)36-24(34)30-19-8-7-16(11-21(19)35-6)18-12-20(33-22(18)23(26)27-15-29-33)17-13-28-32(14-17)10-9-31(4)5/h7-8,11-15H,9-10H2,1-6H3,(H,30,34)(H2,26,27,29). The summed E-state index contributed by atoms with van der Waals surface area (Å²) in [5, 5.41) is 11.7. The highest BCUT2D eigenvalue weighted by atomic mass is 16.6. The summed E-state index contributed by atoms with van der Waals surface area (Å²) in [6.45, 7) is 7.06. The average molecular weight is 493 g/mol. The van der Waals surface area contributed by atoms with Gasteiger partial charge in [0, 0.05) is 23.9 Å². The van der Waals surface area contributed by atoms with Crippen molar-refractivity contribution in [2.45, 2.75) is 32.9 Å². The number of methoxy groups -OCH3 is 1. The van der Waals surface area contributed by atoms with Gasteiger partial charge < -0.3 is 20.1 Å². The third-order valence-electron chi connectivity index (χ3n) is 5.44. The number of aromatic nitrogens is 5. The number of likely N-dealkylation sites (N-methyl/N-ethyl adjacent to an activating group) is 1. The molecule has 0 bridgehead atoms. The van der Waals surface area contributed by atoms with Crippen LogP contribution < -0.4 is 15.8 Å². The zero-order chi connectivity index (χ0) is 26.0. The molecular weight excluding hydrogens is 460 g/mol. The molecule has 0 radical (unpaired) electrons. The summed E-state index contributed by atoms with van der Waals surface area (Å²) in [6.07, 6.45) is 4.67. The molecular formula is C25H32N8O3. The highest BCUT2D eigenvalue weighted by molar-refractivity contribution is 5.94. The maximum atomic E-state index is 12.3. The van der Waals surface area contributed by atoms with Gasteiger partial charge in [-0.25, -0.2) is 14.3 Å². The van der Waals surface area contributed by atoms with E-state index in [1.165, 1.54) is 6.33 Å². The first-order chi connectivity index (χ1) is 17.1. The van der Waals surface area contributed by atoms with E-state index in [2.05, 4.69) is 25.4 Å². The third kappa shape index (κ3) is 5.41. The van der Waals surface area contributed by atoms with Gasteiger partial charge in [0.1, 0.15) is 23.2 Å². The maximum Gasteiger partial charge on any atom is 0.412 e. The van der Waals surface area contributed by atoms with E-state index >= 15 is 0 Å². The molecule has 1 amide bonds. The fourth-order valence-corrected chi connectivity index (χ4v) is 3.79. The lowest BCUT2D eigenvalue weighted by atomic mass is 10.1. The first-order valence-corrected chi connectivity index (χ1v) is 11.5. The van der Waals surface area contributed by atoms with E-state index in [0.29, 0.717) is 22.8 Å². The van der Waals surface area contributed by atoms with Crippen LogP contribution in [0.3, 0.4) is 0 Å². The van der Waals surface area contributed by atoms with Gasteiger partial charge in [-0.1, -0.05) is 6.07 Å². The van der Waals surface area contributed by atoms with E-state index in [1.807, 2.05) is 49.4 Å². The minimum absolute atomic E-state index is 0.348. The first-order valence-electron chi connectivity index (χ1n) is 11.5. The maximum absolute atomic E-state index is 12.3. The van der Waals surface area contributed by atoms with E-state index in [-0.39, 0.29) is 0 Å². The van der Waals surface area contributed by atoms with Gasteiger partial charge in [0.05, 0.1) is 31.2 Å². The van der Waals surface area contributed by atoms with Crippen LogP contribution in [0.25, 0.3) is 27.9 Å². The Labute approximate surface area is 209 Å². The summed E-state index contributed by atoms with van der Waals surface area (Å²) in [4.78, 5) is 18.6. The van der Waals surface area contributed by atoms with Crippen molar-refractivity contribution in [1.82, 2.24) is 29.3 Å². The van der Waals surface area contributed by atoms with E-state index in [0.717, 1.165) is 35.5 Å². The number of nitrogen functional groups attached to an aromatic ring is 1. The second kappa shape index (κ2) is 9.86. The molecule has 3 aromatic heterocycles. The quantitative estimate of drug-likeness (QED) is 0.400. The van der Waals surface area contributed by atoms with Gasteiger partial charge >= 0.3 is 6.09 Å². The molecule has 0 fully saturated rings. The van der Waals surface area contributed by atoms with E-state index in [9.17, 15) is 4.79 Å². The van der Waals surface area contributed by atoms with Crippen LogP contribution in [0.2, 0.25) is 0 Å². The fraction of sp³-hybridized carbons (Fsp3) is 0.360. The molecule has 0 spiro atoms. The van der Waals surface area contributed by atoms with Crippen LogP contribution in [-0.4, -0.2) is 68.7 Å². The normalized spacial score (nSPS) is 11.8. The second-order valence-corrected chi connectivity index (χ2v) is 9.69. The summed E-state index contributed by atoms with van der Waals surface area (Å²) < 4.78 is 14.6. The molecule has 1 aromatic carbocycles. The predicted octanol–water partition coefficient (Wildman–Crippen LogP) is 3.76. The second-order valence-electron chi connectivity index (χ2n) is 9.69. The van der Waals surface area contributed by atoms with E-state index in [4.69, 9.17) is 15.2 Å². The number of nitrogens with one attached hydrogen (secondary N) is 1. The summed E-state index contributed by atoms with van der Waals surface area (Å²) >= 11 is 0. The molecule has 0 saturated heterocycles. The van der Waals surface area contributed by atoms with Crippen molar-refractivity contribution >= 4 is 23.1 Å². The number of fused-ring (bicyclic) bond motifs is 1. The number of carbonyl (C=O) groups excluding carboxylic acids is 1. The molecule has 190 valence electrons. The number of rotatable bonds is 7. The molecule has 0 atom stereocenters. The van der Waals surface area contributed by atoms with Gasteiger partial charge in [0.15, 0.2) is 5.82 Å². The van der Waals surface area contributed by atoms with E-state index < -0.39 is 11.7 Å². The van der Waals surface area contributed by atoms with Crippen LogP contribution in [0, 0.1) is 0 Å². The van der Waals surface area contributed by atoms with Crippen molar-refractivity contribution in [3.63, 3.8) is 0 Å². The third-order valence-corrected chi connectivity index (χ3v) is 5.44. The molecule has 0 saturated carbocycles. The highest BCUT2D eigenvalue weighted by Gasteiger charge is 2.20. The molecule has 11 heteroatoms. The summed E-state index contributed by atoms with van der Waals surface area (Å²) in [7, 11) is 5.60. The molecule has 0 unspecified atom stereocenters. The summed E-state index contributed by atoms with van der Waals surface area (Å²) in [6, 6.07) is 7.48. The SMILES string of the molecule is COc1cc(-c2cc(-c3cnn(CCN(C)C)c3)n3ncnc(N)c23)ccc1NC(=O)OC(C)(C)C. The molecule has 3 N–H and O–H groups in total. The number of nitrogens with two attached hydrogens (primary N) is 1. The molecule has 4 aromatic rings. The zero-order valence-corrected chi connectivity index (χ0v) is 21.4. The number of benzene rings is 1. The molecule has 3 heterocycles. The Balaban J connectivity index is 1.73. The smallest absolute Gasteiger partial charge is 0.412 e. The number of anilines is 2. The zero-order valence-electron chi connectivity index (χ0n) is 21.4. The number of carbonyl (C=O) groups is 1. The summed E-state index contributed by atoms with van der Waals surface area (Å²) in [5.74, 6) is 0.826. The lowest BCUT2D eigenvalue weighted by Crippen LogP contribution is -2.27. The number of amides is 1. The van der Waals surface area contributed by atoms with Crippen molar-refractivity contribution in [1.29, 1.82) is 0 Å².